The second kappa shape index (κ2) is 8.22. The Labute approximate surface area is 187 Å². The van der Waals surface area contributed by atoms with Gasteiger partial charge in [0.2, 0.25) is 0 Å². The highest BCUT2D eigenvalue weighted by Gasteiger charge is 2.29. The summed E-state index contributed by atoms with van der Waals surface area (Å²) >= 11 is 0. The number of nitrogens with zero attached hydrogens (tertiary/aromatic N) is 4. The van der Waals surface area contributed by atoms with Crippen molar-refractivity contribution in [1.29, 1.82) is 0 Å². The van der Waals surface area contributed by atoms with E-state index in [1.54, 1.807) is 24.3 Å². The van der Waals surface area contributed by atoms with Gasteiger partial charge in [-0.05, 0) is 51.8 Å². The monoisotopic (exact) mass is 438 g/mol. The van der Waals surface area contributed by atoms with Gasteiger partial charge in [0.05, 0.1) is 29.7 Å². The molecule has 9 heteroatoms. The Bertz CT molecular complexity index is 1140. The summed E-state index contributed by atoms with van der Waals surface area (Å²) in [5, 5.41) is 5.74. The molecule has 3 heterocycles. The van der Waals surface area contributed by atoms with Gasteiger partial charge < -0.3 is 25.8 Å². The molecule has 1 saturated heterocycles. The van der Waals surface area contributed by atoms with Crippen molar-refractivity contribution in [3.8, 4) is 17.0 Å². The van der Waals surface area contributed by atoms with Crippen molar-refractivity contribution in [2.75, 3.05) is 31.7 Å². The van der Waals surface area contributed by atoms with Gasteiger partial charge in [-0.3, -0.25) is 4.68 Å². The van der Waals surface area contributed by atoms with Crippen molar-refractivity contribution < 1.29 is 14.3 Å². The summed E-state index contributed by atoms with van der Waals surface area (Å²) in [5.41, 5.74) is 14.8. The summed E-state index contributed by atoms with van der Waals surface area (Å²) in [7, 11) is 1.58. The van der Waals surface area contributed by atoms with E-state index in [-0.39, 0.29) is 12.1 Å². The molecular formula is C23H30N6O3. The molecule has 32 heavy (non-hydrogen) atoms. The third-order valence-electron chi connectivity index (χ3n) is 5.62. The molecule has 170 valence electrons. The molecule has 0 atom stereocenters. The van der Waals surface area contributed by atoms with Crippen molar-refractivity contribution in [2.24, 2.45) is 0 Å². The molecular weight excluding hydrogens is 408 g/mol. The third-order valence-corrected chi connectivity index (χ3v) is 5.62. The number of aromatic nitrogens is 3. The quantitative estimate of drug-likeness (QED) is 0.596. The minimum Gasteiger partial charge on any atom is -0.495 e. The molecule has 0 unspecified atom stereocenters. The lowest BCUT2D eigenvalue weighted by atomic mass is 10.0. The number of methoxy groups -OCH3 is 1. The zero-order valence-corrected chi connectivity index (χ0v) is 19.0. The molecule has 3 aromatic rings. The zero-order chi connectivity index (χ0) is 23.0. The highest BCUT2D eigenvalue weighted by molar-refractivity contribution is 6.00. The average Bonchev–Trinajstić information content (AvgIpc) is 3.14. The fraction of sp³-hybridized carbons (Fsp3) is 0.435. The normalized spacial score (nSPS) is 15.2. The van der Waals surface area contributed by atoms with E-state index >= 15 is 0 Å². The third kappa shape index (κ3) is 4.15. The Morgan fingerprint density at radius 1 is 1.16 bits per heavy atom. The topological polar surface area (TPSA) is 122 Å². The van der Waals surface area contributed by atoms with E-state index in [1.807, 2.05) is 43.7 Å². The number of hydrogen-bond donors (Lipinski definition) is 2. The Morgan fingerprint density at radius 2 is 1.88 bits per heavy atom. The largest absolute Gasteiger partial charge is 0.495 e. The summed E-state index contributed by atoms with van der Waals surface area (Å²) in [4.78, 5) is 18.5. The number of nitrogens with two attached hydrogens (primary N) is 2. The minimum atomic E-state index is -0.508. The second-order valence-electron chi connectivity index (χ2n) is 9.04. The van der Waals surface area contributed by atoms with Crippen LogP contribution in [0.3, 0.4) is 0 Å². The van der Waals surface area contributed by atoms with Crippen LogP contribution in [-0.2, 0) is 4.74 Å². The smallest absolute Gasteiger partial charge is 0.410 e. The van der Waals surface area contributed by atoms with E-state index in [0.29, 0.717) is 30.3 Å². The lowest BCUT2D eigenvalue weighted by molar-refractivity contribution is 0.0186. The molecule has 9 nitrogen and oxygen atoms in total. The Balaban J connectivity index is 1.65. The molecule has 1 fully saturated rings. The van der Waals surface area contributed by atoms with E-state index in [9.17, 15) is 4.79 Å². The van der Waals surface area contributed by atoms with Crippen LogP contribution in [0.5, 0.6) is 5.75 Å². The Hall–Kier alpha value is -3.49. The zero-order valence-electron chi connectivity index (χ0n) is 19.0. The van der Waals surface area contributed by atoms with Crippen molar-refractivity contribution in [3.05, 3.63) is 30.5 Å². The van der Waals surface area contributed by atoms with Gasteiger partial charge in [-0.1, -0.05) is 6.07 Å². The number of fused-ring (bicyclic) bond motifs is 1. The summed E-state index contributed by atoms with van der Waals surface area (Å²) in [6, 6.07) is 7.62. The summed E-state index contributed by atoms with van der Waals surface area (Å²) in [5.74, 6) is 1.00. The van der Waals surface area contributed by atoms with Gasteiger partial charge in [-0.25, -0.2) is 9.78 Å². The fourth-order valence-corrected chi connectivity index (χ4v) is 4.07. The maximum atomic E-state index is 12.4. The Morgan fingerprint density at radius 3 is 2.53 bits per heavy atom. The molecule has 4 rings (SSSR count). The molecule has 2 aromatic heterocycles. The summed E-state index contributed by atoms with van der Waals surface area (Å²) < 4.78 is 12.9. The number of hydrogen-bond acceptors (Lipinski definition) is 7. The number of ether oxygens (including phenoxy) is 2. The van der Waals surface area contributed by atoms with Crippen LogP contribution < -0.4 is 16.2 Å². The molecule has 1 aliphatic rings. The Kier molecular flexibility index (Phi) is 5.58. The van der Waals surface area contributed by atoms with Crippen LogP contribution in [0.2, 0.25) is 0 Å². The van der Waals surface area contributed by atoms with Crippen molar-refractivity contribution in [2.45, 2.75) is 45.3 Å². The van der Waals surface area contributed by atoms with E-state index in [4.69, 9.17) is 26.0 Å². The number of pyridine rings is 1. The SMILES string of the molecule is COc1cc(-c2nn(C3CCN(C(=O)OC(C)(C)C)CC3)c3ccnc(N)c23)ccc1N. The number of piperidine rings is 1. The van der Waals surface area contributed by atoms with Crippen LogP contribution in [0.1, 0.15) is 39.7 Å². The number of likely N-dealkylation sites (tertiary alicyclic amines) is 1. The molecule has 0 spiro atoms. The molecule has 1 amide bonds. The summed E-state index contributed by atoms with van der Waals surface area (Å²) in [6.07, 6.45) is 2.95. The molecule has 0 bridgehead atoms. The van der Waals surface area contributed by atoms with Gasteiger partial charge in [0.1, 0.15) is 22.9 Å². The van der Waals surface area contributed by atoms with Gasteiger partial charge in [-0.15, -0.1) is 0 Å². The maximum Gasteiger partial charge on any atom is 0.410 e. The first-order chi connectivity index (χ1) is 15.2. The van der Waals surface area contributed by atoms with Crippen molar-refractivity contribution >= 4 is 28.5 Å². The van der Waals surface area contributed by atoms with Gasteiger partial charge in [0, 0.05) is 24.8 Å². The number of rotatable bonds is 3. The molecule has 0 aliphatic carbocycles. The standard InChI is InChI=1S/C23H30N6O3/c1-23(2,3)32-22(30)28-11-8-15(9-12-28)29-17-7-10-26-21(25)19(17)20(27-29)14-5-6-16(24)18(13-14)31-4/h5-7,10,13,15H,8-9,11-12,24H2,1-4H3,(H2,25,26). The molecule has 0 saturated carbocycles. The van der Waals surface area contributed by atoms with Gasteiger partial charge in [0.25, 0.3) is 0 Å². The number of carbonyl (C=O) groups excluding carboxylic acids is 1. The maximum absolute atomic E-state index is 12.4. The fourth-order valence-electron chi connectivity index (χ4n) is 4.07. The van der Waals surface area contributed by atoms with Crippen LogP contribution in [0.15, 0.2) is 30.5 Å². The van der Waals surface area contributed by atoms with Crippen LogP contribution in [0.25, 0.3) is 22.2 Å². The molecule has 1 aromatic carbocycles. The van der Waals surface area contributed by atoms with Gasteiger partial charge in [-0.2, -0.15) is 5.10 Å². The van der Waals surface area contributed by atoms with Gasteiger partial charge in [0.15, 0.2) is 0 Å². The lowest BCUT2D eigenvalue weighted by Gasteiger charge is -2.33. The highest BCUT2D eigenvalue weighted by atomic mass is 16.6. The summed E-state index contributed by atoms with van der Waals surface area (Å²) in [6.45, 7) is 6.83. The predicted molar refractivity (Wildman–Crippen MR) is 124 cm³/mol. The highest BCUT2D eigenvalue weighted by Crippen LogP contribution is 2.37. The first-order valence-electron chi connectivity index (χ1n) is 10.7. The number of anilines is 2. The van der Waals surface area contributed by atoms with E-state index < -0.39 is 5.60 Å². The number of carbonyl (C=O) groups is 1. The lowest BCUT2D eigenvalue weighted by Crippen LogP contribution is -2.42. The van der Waals surface area contributed by atoms with Crippen LogP contribution >= 0.6 is 0 Å². The number of amides is 1. The number of benzene rings is 1. The van der Waals surface area contributed by atoms with Crippen LogP contribution in [0, 0.1) is 0 Å². The van der Waals surface area contributed by atoms with E-state index in [2.05, 4.69) is 4.98 Å². The molecule has 0 radical (unpaired) electrons. The van der Waals surface area contributed by atoms with Crippen molar-refractivity contribution in [3.63, 3.8) is 0 Å². The first-order valence-corrected chi connectivity index (χ1v) is 10.7. The predicted octanol–water partition coefficient (Wildman–Crippen LogP) is 3.84. The van der Waals surface area contributed by atoms with E-state index in [0.717, 1.165) is 35.0 Å². The minimum absolute atomic E-state index is 0.127. The van der Waals surface area contributed by atoms with Crippen LogP contribution in [-0.4, -0.2) is 51.6 Å². The molecule has 4 N–H and O–H groups in total. The van der Waals surface area contributed by atoms with Crippen LogP contribution in [0.4, 0.5) is 16.3 Å². The first kappa shape index (κ1) is 21.7. The molecule has 1 aliphatic heterocycles. The average molecular weight is 439 g/mol. The van der Waals surface area contributed by atoms with Gasteiger partial charge >= 0.3 is 6.09 Å². The van der Waals surface area contributed by atoms with E-state index in [1.165, 1.54) is 0 Å². The van der Waals surface area contributed by atoms with Crippen molar-refractivity contribution in [1.82, 2.24) is 19.7 Å². The second-order valence-corrected chi connectivity index (χ2v) is 9.04. The number of nitrogen functional groups attached to an aromatic ring is 2.